The van der Waals surface area contributed by atoms with Gasteiger partial charge >= 0.3 is 0 Å². The lowest BCUT2D eigenvalue weighted by Gasteiger charge is -2.31. The summed E-state index contributed by atoms with van der Waals surface area (Å²) in [5, 5.41) is 0. The van der Waals surface area contributed by atoms with Crippen LogP contribution in [-0.2, 0) is 10.2 Å². The fourth-order valence-electron chi connectivity index (χ4n) is 2.74. The van der Waals surface area contributed by atoms with Crippen LogP contribution in [0.5, 0.6) is 11.5 Å². The summed E-state index contributed by atoms with van der Waals surface area (Å²) in [4.78, 5) is 14.7. The minimum Gasteiger partial charge on any atom is -0.486 e. The number of carbonyl (C=O) groups excluding carboxylic acids is 1. The second-order valence-corrected chi connectivity index (χ2v) is 6.18. The van der Waals surface area contributed by atoms with Crippen molar-refractivity contribution >= 4 is 11.6 Å². The monoisotopic (exact) mass is 311 g/mol. The normalized spacial score (nSPS) is 13.5. The van der Waals surface area contributed by atoms with E-state index in [0.29, 0.717) is 19.0 Å². The Bertz CT molecular complexity index is 710. The number of anilines is 1. The average molecular weight is 311 g/mol. The molecule has 2 aromatic carbocycles. The highest BCUT2D eigenvalue weighted by molar-refractivity contribution is 6.00. The van der Waals surface area contributed by atoms with Crippen LogP contribution in [-0.4, -0.2) is 26.2 Å². The fraction of sp³-hybridized carbons (Fsp3) is 0.316. The molecule has 3 rings (SSSR count). The maximum atomic E-state index is 13.0. The molecule has 1 amide bonds. The second kappa shape index (κ2) is 5.95. The Morgan fingerprint density at radius 3 is 2.35 bits per heavy atom. The van der Waals surface area contributed by atoms with E-state index in [4.69, 9.17) is 9.47 Å². The first-order valence-corrected chi connectivity index (χ1v) is 7.73. The van der Waals surface area contributed by atoms with Crippen molar-refractivity contribution in [3.05, 3.63) is 54.1 Å². The Balaban J connectivity index is 1.90. The van der Waals surface area contributed by atoms with Gasteiger partial charge in [-0.1, -0.05) is 24.3 Å². The van der Waals surface area contributed by atoms with Crippen LogP contribution in [0.15, 0.2) is 48.5 Å². The van der Waals surface area contributed by atoms with Gasteiger partial charge in [0.1, 0.15) is 13.2 Å². The van der Waals surface area contributed by atoms with Crippen molar-refractivity contribution in [1.82, 2.24) is 0 Å². The van der Waals surface area contributed by atoms with Gasteiger partial charge in [0.05, 0.1) is 5.41 Å². The van der Waals surface area contributed by atoms with Gasteiger partial charge in [-0.25, -0.2) is 0 Å². The summed E-state index contributed by atoms with van der Waals surface area (Å²) in [6.07, 6.45) is 0. The largest absolute Gasteiger partial charge is 0.486 e. The maximum absolute atomic E-state index is 13.0. The summed E-state index contributed by atoms with van der Waals surface area (Å²) in [6, 6.07) is 15.4. The van der Waals surface area contributed by atoms with Crippen LogP contribution in [0.3, 0.4) is 0 Å². The van der Waals surface area contributed by atoms with E-state index < -0.39 is 5.41 Å². The summed E-state index contributed by atoms with van der Waals surface area (Å²) < 4.78 is 11.2. The molecule has 0 atom stereocenters. The van der Waals surface area contributed by atoms with Gasteiger partial charge in [0.2, 0.25) is 5.91 Å². The molecule has 1 aliphatic heterocycles. The first-order valence-electron chi connectivity index (χ1n) is 7.73. The van der Waals surface area contributed by atoms with Crippen molar-refractivity contribution in [2.45, 2.75) is 19.3 Å². The Morgan fingerprint density at radius 1 is 1.00 bits per heavy atom. The average Bonchev–Trinajstić information content (AvgIpc) is 2.60. The zero-order chi connectivity index (χ0) is 16.4. The van der Waals surface area contributed by atoms with E-state index in [-0.39, 0.29) is 5.91 Å². The summed E-state index contributed by atoms with van der Waals surface area (Å²) >= 11 is 0. The molecule has 0 fully saturated rings. The SMILES string of the molecule is CN(C(=O)C(C)(C)c1ccc2c(c1)OCCO2)c1ccccc1. The van der Waals surface area contributed by atoms with Crippen molar-refractivity contribution in [2.75, 3.05) is 25.2 Å². The highest BCUT2D eigenvalue weighted by Crippen LogP contribution is 2.36. The van der Waals surface area contributed by atoms with E-state index in [2.05, 4.69) is 0 Å². The zero-order valence-electron chi connectivity index (χ0n) is 13.7. The molecule has 2 aromatic rings. The number of para-hydroxylation sites is 1. The van der Waals surface area contributed by atoms with E-state index in [1.165, 1.54) is 0 Å². The Kier molecular flexibility index (Phi) is 3.99. The summed E-state index contributed by atoms with van der Waals surface area (Å²) in [5.74, 6) is 1.47. The molecule has 23 heavy (non-hydrogen) atoms. The predicted molar refractivity (Wildman–Crippen MR) is 90.3 cm³/mol. The Hall–Kier alpha value is -2.49. The lowest BCUT2D eigenvalue weighted by molar-refractivity contribution is -0.122. The fourth-order valence-corrected chi connectivity index (χ4v) is 2.74. The van der Waals surface area contributed by atoms with Crippen molar-refractivity contribution in [3.63, 3.8) is 0 Å². The second-order valence-electron chi connectivity index (χ2n) is 6.18. The number of ether oxygens (including phenoxy) is 2. The number of hydrogen-bond donors (Lipinski definition) is 0. The molecular formula is C19H21NO3. The van der Waals surface area contributed by atoms with E-state index in [1.54, 1.807) is 11.9 Å². The van der Waals surface area contributed by atoms with E-state index in [1.807, 2.05) is 62.4 Å². The highest BCUT2D eigenvalue weighted by Gasteiger charge is 2.34. The molecule has 0 unspecified atom stereocenters. The first kappa shape index (κ1) is 15.4. The first-order chi connectivity index (χ1) is 11.0. The molecule has 1 heterocycles. The molecule has 0 N–H and O–H groups in total. The number of benzene rings is 2. The number of carbonyl (C=O) groups is 1. The molecule has 1 aliphatic rings. The molecule has 4 nitrogen and oxygen atoms in total. The van der Waals surface area contributed by atoms with Gasteiger partial charge in [0, 0.05) is 12.7 Å². The summed E-state index contributed by atoms with van der Waals surface area (Å²) in [7, 11) is 1.80. The van der Waals surface area contributed by atoms with Crippen LogP contribution in [0, 0.1) is 0 Å². The van der Waals surface area contributed by atoms with Gasteiger partial charge in [-0.05, 0) is 43.7 Å². The third-order valence-corrected chi connectivity index (χ3v) is 4.25. The van der Waals surface area contributed by atoms with Gasteiger partial charge in [-0.15, -0.1) is 0 Å². The molecule has 0 spiro atoms. The lowest BCUT2D eigenvalue weighted by Crippen LogP contribution is -2.41. The number of likely N-dealkylation sites (N-methyl/N-ethyl adjacent to an activating group) is 1. The van der Waals surface area contributed by atoms with Crippen LogP contribution < -0.4 is 14.4 Å². The molecule has 0 aromatic heterocycles. The number of amides is 1. The third kappa shape index (κ3) is 2.89. The number of hydrogen-bond acceptors (Lipinski definition) is 3. The predicted octanol–water partition coefficient (Wildman–Crippen LogP) is 3.40. The van der Waals surface area contributed by atoms with Crippen LogP contribution in [0.2, 0.25) is 0 Å². The van der Waals surface area contributed by atoms with Crippen molar-refractivity contribution in [1.29, 1.82) is 0 Å². The van der Waals surface area contributed by atoms with Crippen molar-refractivity contribution < 1.29 is 14.3 Å². The number of rotatable bonds is 3. The van der Waals surface area contributed by atoms with Crippen LogP contribution in [0.25, 0.3) is 0 Å². The highest BCUT2D eigenvalue weighted by atomic mass is 16.6. The molecule has 0 saturated carbocycles. The van der Waals surface area contributed by atoms with Crippen LogP contribution >= 0.6 is 0 Å². The smallest absolute Gasteiger partial charge is 0.236 e. The minimum atomic E-state index is -0.666. The summed E-state index contributed by atoms with van der Waals surface area (Å²) in [5.41, 5.74) is 1.12. The molecule has 4 heteroatoms. The van der Waals surface area contributed by atoms with Crippen LogP contribution in [0.4, 0.5) is 5.69 Å². The molecule has 120 valence electrons. The van der Waals surface area contributed by atoms with Crippen LogP contribution in [0.1, 0.15) is 19.4 Å². The molecular weight excluding hydrogens is 290 g/mol. The van der Waals surface area contributed by atoms with Gasteiger partial charge in [0.25, 0.3) is 0 Å². The third-order valence-electron chi connectivity index (χ3n) is 4.25. The Morgan fingerprint density at radius 2 is 1.65 bits per heavy atom. The maximum Gasteiger partial charge on any atom is 0.236 e. The topological polar surface area (TPSA) is 38.8 Å². The van der Waals surface area contributed by atoms with Gasteiger partial charge < -0.3 is 14.4 Å². The number of fused-ring (bicyclic) bond motifs is 1. The van der Waals surface area contributed by atoms with Gasteiger partial charge in [-0.3, -0.25) is 4.79 Å². The number of nitrogens with zero attached hydrogens (tertiary/aromatic N) is 1. The molecule has 0 radical (unpaired) electrons. The van der Waals surface area contributed by atoms with Gasteiger partial charge in [-0.2, -0.15) is 0 Å². The molecule has 0 bridgehead atoms. The lowest BCUT2D eigenvalue weighted by atomic mass is 9.83. The van der Waals surface area contributed by atoms with Crippen molar-refractivity contribution in [2.24, 2.45) is 0 Å². The molecule has 0 saturated heterocycles. The molecule has 0 aliphatic carbocycles. The summed E-state index contributed by atoms with van der Waals surface area (Å²) in [6.45, 7) is 4.96. The van der Waals surface area contributed by atoms with Crippen molar-refractivity contribution in [3.8, 4) is 11.5 Å². The van der Waals surface area contributed by atoms with E-state index >= 15 is 0 Å². The van der Waals surface area contributed by atoms with E-state index in [9.17, 15) is 4.79 Å². The quantitative estimate of drug-likeness (QED) is 0.872. The minimum absolute atomic E-state index is 0.0281. The zero-order valence-corrected chi connectivity index (χ0v) is 13.7. The van der Waals surface area contributed by atoms with Gasteiger partial charge in [0.15, 0.2) is 11.5 Å². The van der Waals surface area contributed by atoms with E-state index in [0.717, 1.165) is 17.0 Å². The Labute approximate surface area is 136 Å². The standard InChI is InChI=1S/C19H21NO3/c1-19(2,18(21)20(3)15-7-5-4-6-8-15)14-9-10-16-17(13-14)23-12-11-22-16/h4-10,13H,11-12H2,1-3H3.